The van der Waals surface area contributed by atoms with Crippen molar-refractivity contribution in [1.82, 2.24) is 0 Å². The molecule has 34 heavy (non-hydrogen) atoms. The summed E-state index contributed by atoms with van der Waals surface area (Å²) in [7, 11) is 0. The van der Waals surface area contributed by atoms with E-state index in [1.807, 2.05) is 20.8 Å². The summed E-state index contributed by atoms with van der Waals surface area (Å²) in [5, 5.41) is 10.8. The SMILES string of the molecule is CCCCOCCOC(=O)CC(O)(CC(=O)OCCOCCCC)C(=O)OCCOCCCC. The van der Waals surface area contributed by atoms with E-state index in [-0.39, 0.29) is 39.6 Å². The van der Waals surface area contributed by atoms with E-state index in [1.54, 1.807) is 0 Å². The Kier molecular flexibility index (Phi) is 20.6. The van der Waals surface area contributed by atoms with Gasteiger partial charge in [0.15, 0.2) is 5.60 Å². The second-order valence-electron chi connectivity index (χ2n) is 7.86. The lowest BCUT2D eigenvalue weighted by Gasteiger charge is -2.24. The monoisotopic (exact) mass is 492 g/mol. The molecule has 0 aliphatic rings. The van der Waals surface area contributed by atoms with E-state index in [0.29, 0.717) is 19.8 Å². The Hall–Kier alpha value is -1.75. The molecule has 0 fully saturated rings. The van der Waals surface area contributed by atoms with Gasteiger partial charge in [0, 0.05) is 19.8 Å². The van der Waals surface area contributed by atoms with Crippen molar-refractivity contribution in [2.24, 2.45) is 0 Å². The van der Waals surface area contributed by atoms with Crippen LogP contribution in [0.1, 0.15) is 72.1 Å². The number of esters is 3. The van der Waals surface area contributed by atoms with E-state index in [0.717, 1.165) is 38.5 Å². The van der Waals surface area contributed by atoms with Gasteiger partial charge in [-0.2, -0.15) is 0 Å². The zero-order valence-electron chi connectivity index (χ0n) is 21.1. The molecule has 0 atom stereocenters. The van der Waals surface area contributed by atoms with Gasteiger partial charge in [-0.05, 0) is 19.3 Å². The largest absolute Gasteiger partial charge is 0.463 e. The van der Waals surface area contributed by atoms with Crippen LogP contribution in [-0.2, 0) is 42.8 Å². The molecular weight excluding hydrogens is 448 g/mol. The number of unbranched alkanes of at least 4 members (excludes halogenated alkanes) is 3. The highest BCUT2D eigenvalue weighted by molar-refractivity contribution is 5.90. The second-order valence-corrected chi connectivity index (χ2v) is 7.86. The van der Waals surface area contributed by atoms with Crippen LogP contribution in [0.5, 0.6) is 0 Å². The molecule has 0 saturated carbocycles. The summed E-state index contributed by atoms with van der Waals surface area (Å²) in [4.78, 5) is 36.9. The highest BCUT2D eigenvalue weighted by atomic mass is 16.6. The summed E-state index contributed by atoms with van der Waals surface area (Å²) in [6.07, 6.45) is 4.11. The van der Waals surface area contributed by atoms with Gasteiger partial charge in [-0.1, -0.05) is 40.0 Å². The van der Waals surface area contributed by atoms with Gasteiger partial charge in [0.25, 0.3) is 0 Å². The summed E-state index contributed by atoms with van der Waals surface area (Å²) in [5.41, 5.74) is -2.41. The van der Waals surface area contributed by atoms with Gasteiger partial charge in [0.1, 0.15) is 19.8 Å². The van der Waals surface area contributed by atoms with Gasteiger partial charge in [-0.25, -0.2) is 4.79 Å². The van der Waals surface area contributed by atoms with Crippen LogP contribution in [0.15, 0.2) is 0 Å². The Balaban J connectivity index is 4.68. The van der Waals surface area contributed by atoms with Gasteiger partial charge >= 0.3 is 17.9 Å². The molecule has 0 bridgehead atoms. The lowest BCUT2D eigenvalue weighted by molar-refractivity contribution is -0.179. The fraction of sp³-hybridized carbons (Fsp3) is 0.875. The lowest BCUT2D eigenvalue weighted by Crippen LogP contribution is -2.45. The number of carbonyl (C=O) groups excluding carboxylic acids is 3. The van der Waals surface area contributed by atoms with Gasteiger partial charge in [0.05, 0.1) is 32.7 Å². The first-order valence-electron chi connectivity index (χ1n) is 12.3. The van der Waals surface area contributed by atoms with Crippen LogP contribution in [0.2, 0.25) is 0 Å². The molecule has 0 aromatic carbocycles. The van der Waals surface area contributed by atoms with Gasteiger partial charge in [-0.3, -0.25) is 9.59 Å². The molecule has 0 unspecified atom stereocenters. The first kappa shape index (κ1) is 32.2. The third kappa shape index (κ3) is 17.7. The maximum Gasteiger partial charge on any atom is 0.339 e. The van der Waals surface area contributed by atoms with E-state index in [2.05, 4.69) is 0 Å². The molecule has 10 nitrogen and oxygen atoms in total. The minimum atomic E-state index is -2.41. The van der Waals surface area contributed by atoms with Crippen molar-refractivity contribution in [3.63, 3.8) is 0 Å². The minimum absolute atomic E-state index is 0.0293. The number of rotatable bonds is 23. The summed E-state index contributed by atoms with van der Waals surface area (Å²) in [5.74, 6) is -2.82. The number of aliphatic hydroxyl groups is 1. The van der Waals surface area contributed by atoms with E-state index in [4.69, 9.17) is 28.4 Å². The fourth-order valence-electron chi connectivity index (χ4n) is 2.59. The molecule has 0 amide bonds. The molecule has 1 N–H and O–H groups in total. The molecular formula is C24H44O10. The molecule has 0 aliphatic heterocycles. The standard InChI is InChI=1S/C24H44O10/c1-4-7-10-29-13-16-32-21(25)19-24(28,23(27)34-18-15-31-12-9-6-3)20-22(26)33-17-14-30-11-8-5-2/h28H,4-20H2,1-3H3. The average Bonchev–Trinajstić information content (AvgIpc) is 2.80. The maximum absolute atomic E-state index is 12.5. The van der Waals surface area contributed by atoms with Crippen LogP contribution >= 0.6 is 0 Å². The third-order valence-corrected chi connectivity index (χ3v) is 4.62. The van der Waals surface area contributed by atoms with Crippen LogP contribution < -0.4 is 0 Å². The molecule has 0 spiro atoms. The minimum Gasteiger partial charge on any atom is -0.463 e. The normalized spacial score (nSPS) is 11.3. The van der Waals surface area contributed by atoms with Crippen LogP contribution in [-0.4, -0.2) is 88.1 Å². The number of ether oxygens (including phenoxy) is 6. The van der Waals surface area contributed by atoms with Crippen molar-refractivity contribution >= 4 is 17.9 Å². The quantitative estimate of drug-likeness (QED) is 0.129. The number of carbonyl (C=O) groups is 3. The van der Waals surface area contributed by atoms with Crippen molar-refractivity contribution in [2.75, 3.05) is 59.5 Å². The summed E-state index contributed by atoms with van der Waals surface area (Å²) in [6, 6.07) is 0. The average molecular weight is 493 g/mol. The molecule has 200 valence electrons. The van der Waals surface area contributed by atoms with Crippen LogP contribution in [0.4, 0.5) is 0 Å². The number of hydrogen-bond acceptors (Lipinski definition) is 10. The van der Waals surface area contributed by atoms with Crippen molar-refractivity contribution in [2.45, 2.75) is 77.7 Å². The van der Waals surface area contributed by atoms with Crippen LogP contribution in [0.3, 0.4) is 0 Å². The molecule has 0 aromatic heterocycles. The predicted octanol–water partition coefficient (Wildman–Crippen LogP) is 2.58. The highest BCUT2D eigenvalue weighted by Crippen LogP contribution is 2.20. The Morgan fingerprint density at radius 3 is 1.26 bits per heavy atom. The van der Waals surface area contributed by atoms with Gasteiger partial charge in [-0.15, -0.1) is 0 Å². The van der Waals surface area contributed by atoms with Crippen molar-refractivity contribution in [3.05, 3.63) is 0 Å². The summed E-state index contributed by atoms with van der Waals surface area (Å²) >= 11 is 0. The Labute approximate surface area is 203 Å². The second kappa shape index (κ2) is 21.8. The molecule has 0 radical (unpaired) electrons. The lowest BCUT2D eigenvalue weighted by atomic mass is 9.95. The van der Waals surface area contributed by atoms with Crippen LogP contribution in [0, 0.1) is 0 Å². The first-order chi connectivity index (χ1) is 16.4. The van der Waals surface area contributed by atoms with Crippen molar-refractivity contribution in [3.8, 4) is 0 Å². The molecule has 0 heterocycles. The first-order valence-corrected chi connectivity index (χ1v) is 12.3. The molecule has 0 saturated heterocycles. The molecule has 0 aromatic rings. The van der Waals surface area contributed by atoms with E-state index < -0.39 is 36.4 Å². The molecule has 0 aliphatic carbocycles. The predicted molar refractivity (Wildman–Crippen MR) is 124 cm³/mol. The van der Waals surface area contributed by atoms with E-state index >= 15 is 0 Å². The summed E-state index contributed by atoms with van der Waals surface area (Å²) < 4.78 is 31.0. The molecule has 10 heteroatoms. The third-order valence-electron chi connectivity index (χ3n) is 4.62. The van der Waals surface area contributed by atoms with Crippen LogP contribution in [0.25, 0.3) is 0 Å². The molecule has 0 rings (SSSR count). The maximum atomic E-state index is 12.5. The van der Waals surface area contributed by atoms with Crippen molar-refractivity contribution in [1.29, 1.82) is 0 Å². The van der Waals surface area contributed by atoms with E-state index in [1.165, 1.54) is 0 Å². The topological polar surface area (TPSA) is 127 Å². The van der Waals surface area contributed by atoms with E-state index in [9.17, 15) is 19.5 Å². The zero-order valence-corrected chi connectivity index (χ0v) is 21.1. The highest BCUT2D eigenvalue weighted by Gasteiger charge is 2.43. The summed E-state index contributed by atoms with van der Waals surface area (Å²) in [6.45, 7) is 8.08. The number of hydrogen-bond donors (Lipinski definition) is 1. The zero-order chi connectivity index (χ0) is 25.5. The Bertz CT molecular complexity index is 508. The van der Waals surface area contributed by atoms with Gasteiger partial charge in [0.2, 0.25) is 0 Å². The Morgan fingerprint density at radius 2 is 0.912 bits per heavy atom. The van der Waals surface area contributed by atoms with Gasteiger partial charge < -0.3 is 33.5 Å². The Morgan fingerprint density at radius 1 is 0.559 bits per heavy atom. The smallest absolute Gasteiger partial charge is 0.339 e. The fourth-order valence-corrected chi connectivity index (χ4v) is 2.59. The van der Waals surface area contributed by atoms with Crippen molar-refractivity contribution < 1.29 is 47.9 Å².